The van der Waals surface area contributed by atoms with Crippen LogP contribution in [0.25, 0.3) is 0 Å². The van der Waals surface area contributed by atoms with Crippen LogP contribution in [0.15, 0.2) is 35.3 Å². The van der Waals surface area contributed by atoms with Gasteiger partial charge in [0.25, 0.3) is 0 Å². The Kier molecular flexibility index (Phi) is 5.53. The molecule has 1 aromatic rings. The molecule has 0 aliphatic carbocycles. The third-order valence-electron chi connectivity index (χ3n) is 1.39. The standard InChI is InChI=1S/C9H11N2.Li/c1-10-8-11(2)9-6-4-3-5-7-9;/h3-7H,1-2H3;/q-1;+1. The maximum absolute atomic E-state index is 3.79. The summed E-state index contributed by atoms with van der Waals surface area (Å²) in [5, 5.41) is 0. The van der Waals surface area contributed by atoms with Crippen LogP contribution in [-0.4, -0.2) is 20.4 Å². The molecule has 0 fully saturated rings. The molecule has 0 unspecified atom stereocenters. The van der Waals surface area contributed by atoms with Gasteiger partial charge in [-0.1, -0.05) is 24.5 Å². The zero-order chi connectivity index (χ0) is 8.10. The molecule has 12 heavy (non-hydrogen) atoms. The number of aliphatic imine (C=N–C) groups is 1. The minimum atomic E-state index is 0. The molecule has 0 bridgehead atoms. The normalized spacial score (nSPS) is 9.50. The first-order valence-electron chi connectivity index (χ1n) is 3.48. The van der Waals surface area contributed by atoms with Crippen molar-refractivity contribution in [2.45, 2.75) is 0 Å². The van der Waals surface area contributed by atoms with Gasteiger partial charge < -0.3 is 9.89 Å². The Morgan fingerprint density at radius 2 is 1.83 bits per heavy atom. The van der Waals surface area contributed by atoms with Crippen LogP contribution in [0.3, 0.4) is 0 Å². The van der Waals surface area contributed by atoms with Crippen LogP contribution in [0.5, 0.6) is 0 Å². The van der Waals surface area contributed by atoms with Gasteiger partial charge in [0, 0.05) is 7.05 Å². The number of nitrogens with zero attached hydrogens (tertiary/aromatic N) is 2. The molecule has 1 rings (SSSR count). The SMILES string of the molecule is CN=[C-]N(C)c1ccccc1.[Li+]. The molecular weight excluding hydrogens is 143 g/mol. The first-order chi connectivity index (χ1) is 5.34. The molecule has 0 aliphatic heterocycles. The summed E-state index contributed by atoms with van der Waals surface area (Å²) in [6.45, 7) is 0. The summed E-state index contributed by atoms with van der Waals surface area (Å²) in [5.41, 5.74) is 1.10. The van der Waals surface area contributed by atoms with Crippen LogP contribution >= 0.6 is 0 Å². The van der Waals surface area contributed by atoms with Gasteiger partial charge in [-0.3, -0.25) is 0 Å². The fourth-order valence-corrected chi connectivity index (χ4v) is 0.859. The van der Waals surface area contributed by atoms with E-state index in [0.29, 0.717) is 0 Å². The quantitative estimate of drug-likeness (QED) is 0.169. The van der Waals surface area contributed by atoms with E-state index in [0.717, 1.165) is 5.69 Å². The van der Waals surface area contributed by atoms with E-state index >= 15 is 0 Å². The summed E-state index contributed by atoms with van der Waals surface area (Å²) in [5.74, 6) is 0. The van der Waals surface area contributed by atoms with Crippen LogP contribution in [0.4, 0.5) is 5.69 Å². The Hall–Kier alpha value is -0.713. The molecule has 0 heterocycles. The summed E-state index contributed by atoms with van der Waals surface area (Å²) < 4.78 is 0. The molecule has 0 N–H and O–H groups in total. The van der Waals surface area contributed by atoms with Crippen LogP contribution in [0.2, 0.25) is 0 Å². The number of hydrogen-bond acceptors (Lipinski definition) is 1. The molecule has 58 valence electrons. The molecule has 0 radical (unpaired) electrons. The topological polar surface area (TPSA) is 15.6 Å². The van der Waals surface area contributed by atoms with Gasteiger partial charge in [0.2, 0.25) is 0 Å². The number of para-hydroxylation sites is 1. The molecule has 0 saturated heterocycles. The Morgan fingerprint density at radius 3 is 2.33 bits per heavy atom. The minimum absolute atomic E-state index is 0. The average molecular weight is 154 g/mol. The van der Waals surface area contributed by atoms with Crippen molar-refractivity contribution in [2.24, 2.45) is 4.99 Å². The molecule has 0 saturated carbocycles. The van der Waals surface area contributed by atoms with Gasteiger partial charge >= 0.3 is 18.9 Å². The summed E-state index contributed by atoms with van der Waals surface area (Å²) >= 11 is 0. The van der Waals surface area contributed by atoms with Crippen molar-refractivity contribution in [2.75, 3.05) is 19.0 Å². The smallest absolute Gasteiger partial charge is 0.498 e. The zero-order valence-electron chi connectivity index (χ0n) is 7.78. The van der Waals surface area contributed by atoms with Crippen molar-refractivity contribution in [1.29, 1.82) is 0 Å². The molecular formula is C9H11LiN2. The van der Waals surface area contributed by atoms with E-state index < -0.39 is 0 Å². The fraction of sp³-hybridized carbons (Fsp3) is 0.222. The minimum Gasteiger partial charge on any atom is -0.498 e. The van der Waals surface area contributed by atoms with Crippen molar-refractivity contribution in [1.82, 2.24) is 0 Å². The molecule has 2 nitrogen and oxygen atoms in total. The third kappa shape index (κ3) is 3.12. The number of anilines is 1. The summed E-state index contributed by atoms with van der Waals surface area (Å²) in [7, 11) is 3.63. The summed E-state index contributed by atoms with van der Waals surface area (Å²) in [6, 6.07) is 9.99. The predicted molar refractivity (Wildman–Crippen MR) is 48.2 cm³/mol. The van der Waals surface area contributed by atoms with E-state index in [2.05, 4.69) is 11.3 Å². The molecule has 0 amide bonds. The Balaban J connectivity index is 0.00000121. The average Bonchev–Trinajstić information content (AvgIpc) is 2.07. The van der Waals surface area contributed by atoms with Gasteiger partial charge in [-0.15, -0.1) is 17.8 Å². The zero-order valence-corrected chi connectivity index (χ0v) is 7.78. The van der Waals surface area contributed by atoms with E-state index in [-0.39, 0.29) is 18.9 Å². The molecule has 0 aromatic heterocycles. The van der Waals surface area contributed by atoms with Gasteiger partial charge in [0.05, 0.1) is 0 Å². The maximum Gasteiger partial charge on any atom is 1.00 e. The van der Waals surface area contributed by atoms with Gasteiger partial charge in [-0.25, -0.2) is 0 Å². The van der Waals surface area contributed by atoms with E-state index in [4.69, 9.17) is 0 Å². The summed E-state index contributed by atoms with van der Waals surface area (Å²) in [6.07, 6.45) is 2.82. The van der Waals surface area contributed by atoms with Crippen LogP contribution in [0, 0.1) is 0 Å². The van der Waals surface area contributed by atoms with Gasteiger partial charge in [-0.2, -0.15) is 0 Å². The van der Waals surface area contributed by atoms with Crippen LogP contribution in [0.1, 0.15) is 0 Å². The largest absolute Gasteiger partial charge is 1.00 e. The van der Waals surface area contributed by atoms with Crippen molar-refractivity contribution in [3.05, 3.63) is 30.3 Å². The Labute approximate surface area is 85.5 Å². The molecule has 1 aromatic carbocycles. The van der Waals surface area contributed by atoms with E-state index in [1.165, 1.54) is 0 Å². The van der Waals surface area contributed by atoms with Gasteiger partial charge in [0.15, 0.2) is 0 Å². The van der Waals surface area contributed by atoms with Crippen molar-refractivity contribution in [3.8, 4) is 0 Å². The second kappa shape index (κ2) is 5.88. The van der Waals surface area contributed by atoms with E-state index in [1.54, 1.807) is 7.05 Å². The van der Waals surface area contributed by atoms with Crippen molar-refractivity contribution >= 4 is 12.0 Å². The van der Waals surface area contributed by atoms with Crippen LogP contribution < -0.4 is 23.8 Å². The monoisotopic (exact) mass is 154 g/mol. The molecule has 0 spiro atoms. The Morgan fingerprint density at radius 1 is 1.25 bits per heavy atom. The van der Waals surface area contributed by atoms with Gasteiger partial charge in [0.1, 0.15) is 0 Å². The Bertz CT molecular complexity index is 234. The number of rotatable bonds is 2. The van der Waals surface area contributed by atoms with Crippen molar-refractivity contribution in [3.63, 3.8) is 0 Å². The third-order valence-corrected chi connectivity index (χ3v) is 1.39. The predicted octanol–water partition coefficient (Wildman–Crippen LogP) is -1.34. The number of benzene rings is 1. The van der Waals surface area contributed by atoms with E-state index in [1.807, 2.05) is 42.3 Å². The molecule has 3 heteroatoms. The molecule has 0 aliphatic rings. The van der Waals surface area contributed by atoms with Crippen LogP contribution in [-0.2, 0) is 0 Å². The summed E-state index contributed by atoms with van der Waals surface area (Å²) in [4.78, 5) is 5.64. The van der Waals surface area contributed by atoms with Gasteiger partial charge in [-0.05, 0) is 7.05 Å². The first kappa shape index (κ1) is 11.3. The fourth-order valence-electron chi connectivity index (χ4n) is 0.859. The van der Waals surface area contributed by atoms with E-state index in [9.17, 15) is 0 Å². The molecule has 0 atom stereocenters. The maximum atomic E-state index is 3.79. The number of hydrogen-bond donors (Lipinski definition) is 0. The van der Waals surface area contributed by atoms with Crippen molar-refractivity contribution < 1.29 is 18.9 Å². The second-order valence-corrected chi connectivity index (χ2v) is 2.22. The second-order valence-electron chi connectivity index (χ2n) is 2.22. The first-order valence-corrected chi connectivity index (χ1v) is 3.48.